The molecule has 4 rings (SSSR count). The maximum Gasteiger partial charge on any atom is 0.270 e. The number of hydrogen-bond acceptors (Lipinski definition) is 5. The van der Waals surface area contributed by atoms with Gasteiger partial charge in [0, 0.05) is 6.07 Å². The quantitative estimate of drug-likeness (QED) is 0.566. The topological polar surface area (TPSA) is 38.8 Å². The zero-order valence-corrected chi connectivity index (χ0v) is 15.6. The van der Waals surface area contributed by atoms with Gasteiger partial charge in [0.05, 0.1) is 10.6 Å². The van der Waals surface area contributed by atoms with Gasteiger partial charge in [0.25, 0.3) is 5.91 Å². The smallest absolute Gasteiger partial charge is 0.270 e. The number of fused-ring (bicyclic) bond motifs is 1. The lowest BCUT2D eigenvalue weighted by molar-refractivity contribution is -0.113. The van der Waals surface area contributed by atoms with Crippen LogP contribution in [0.4, 0.5) is 5.69 Å². The van der Waals surface area contributed by atoms with E-state index in [1.54, 1.807) is 12.1 Å². The minimum Gasteiger partial charge on any atom is -0.454 e. The first-order chi connectivity index (χ1) is 12.6. The van der Waals surface area contributed by atoms with Gasteiger partial charge in [0.1, 0.15) is 0 Å². The van der Waals surface area contributed by atoms with Crippen molar-refractivity contribution in [2.24, 2.45) is 0 Å². The van der Waals surface area contributed by atoms with Gasteiger partial charge in [-0.25, -0.2) is 0 Å². The predicted octanol–water partition coefficient (Wildman–Crippen LogP) is 4.77. The highest BCUT2D eigenvalue weighted by molar-refractivity contribution is 8.27. The Balaban J connectivity index is 1.60. The standard InChI is InChI=1S/C20H15NO3S2/c1-13(9-14-5-3-2-4-6-14)10-18-19(22)21(20(25)26-18)15-7-8-16-17(11-15)24-12-23-16/h2-11H,12H2,1H3/b13-9?,18-10+. The first-order valence-electron chi connectivity index (χ1n) is 8.03. The predicted molar refractivity (Wildman–Crippen MR) is 108 cm³/mol. The second-order valence-electron chi connectivity index (χ2n) is 5.85. The van der Waals surface area contributed by atoms with E-state index in [2.05, 4.69) is 0 Å². The van der Waals surface area contributed by atoms with E-state index in [0.717, 1.165) is 11.1 Å². The van der Waals surface area contributed by atoms with E-state index < -0.39 is 0 Å². The number of amides is 1. The van der Waals surface area contributed by atoms with Gasteiger partial charge in [-0.15, -0.1) is 0 Å². The molecule has 6 heteroatoms. The van der Waals surface area contributed by atoms with Crippen LogP contribution in [0, 0.1) is 0 Å². The summed E-state index contributed by atoms with van der Waals surface area (Å²) < 4.78 is 11.2. The Bertz CT molecular complexity index is 951. The van der Waals surface area contributed by atoms with Gasteiger partial charge in [-0.1, -0.05) is 60.4 Å². The largest absolute Gasteiger partial charge is 0.454 e. The molecule has 1 fully saturated rings. The number of hydrogen-bond donors (Lipinski definition) is 0. The molecule has 1 saturated heterocycles. The summed E-state index contributed by atoms with van der Waals surface area (Å²) >= 11 is 6.73. The maximum absolute atomic E-state index is 12.9. The molecule has 4 nitrogen and oxygen atoms in total. The maximum atomic E-state index is 12.9. The molecular weight excluding hydrogens is 366 g/mol. The van der Waals surface area contributed by atoms with Gasteiger partial charge >= 0.3 is 0 Å². The van der Waals surface area contributed by atoms with Gasteiger partial charge in [0.2, 0.25) is 6.79 Å². The molecule has 0 N–H and O–H groups in total. The van der Waals surface area contributed by atoms with Crippen LogP contribution in [-0.4, -0.2) is 17.0 Å². The van der Waals surface area contributed by atoms with Crippen molar-refractivity contribution >= 4 is 46.0 Å². The summed E-state index contributed by atoms with van der Waals surface area (Å²) in [6.45, 7) is 2.17. The zero-order chi connectivity index (χ0) is 18.1. The van der Waals surface area contributed by atoms with Crippen molar-refractivity contribution in [3.63, 3.8) is 0 Å². The first kappa shape index (κ1) is 16.9. The van der Waals surface area contributed by atoms with Crippen LogP contribution >= 0.6 is 24.0 Å². The van der Waals surface area contributed by atoms with E-state index in [0.29, 0.717) is 26.4 Å². The third-order valence-corrected chi connectivity index (χ3v) is 5.26. The molecule has 0 aliphatic carbocycles. The minimum atomic E-state index is -0.125. The number of thiocarbonyl (C=S) groups is 1. The molecule has 0 unspecified atom stereocenters. The fourth-order valence-electron chi connectivity index (χ4n) is 2.78. The van der Waals surface area contributed by atoms with E-state index in [-0.39, 0.29) is 12.7 Å². The summed E-state index contributed by atoms with van der Waals surface area (Å²) in [5.74, 6) is 1.18. The van der Waals surface area contributed by atoms with Gasteiger partial charge in [0.15, 0.2) is 15.8 Å². The highest BCUT2D eigenvalue weighted by atomic mass is 32.2. The van der Waals surface area contributed by atoms with Crippen LogP contribution in [0.15, 0.2) is 65.1 Å². The zero-order valence-electron chi connectivity index (χ0n) is 14.0. The van der Waals surface area contributed by atoms with E-state index in [9.17, 15) is 4.79 Å². The summed E-state index contributed by atoms with van der Waals surface area (Å²) in [6.07, 6.45) is 3.91. The van der Waals surface area contributed by atoms with Crippen molar-refractivity contribution in [2.45, 2.75) is 6.92 Å². The van der Waals surface area contributed by atoms with Gasteiger partial charge in [-0.2, -0.15) is 0 Å². The molecular formula is C20H15NO3S2. The molecule has 1 amide bonds. The van der Waals surface area contributed by atoms with Crippen molar-refractivity contribution in [1.82, 2.24) is 0 Å². The Morgan fingerprint density at radius 3 is 2.73 bits per heavy atom. The van der Waals surface area contributed by atoms with Crippen LogP contribution in [0.25, 0.3) is 6.08 Å². The number of carbonyl (C=O) groups excluding carboxylic acids is 1. The van der Waals surface area contributed by atoms with Crippen molar-refractivity contribution in [2.75, 3.05) is 11.7 Å². The van der Waals surface area contributed by atoms with Crippen molar-refractivity contribution in [1.29, 1.82) is 0 Å². The van der Waals surface area contributed by atoms with Crippen LogP contribution in [-0.2, 0) is 4.79 Å². The molecule has 26 heavy (non-hydrogen) atoms. The fraction of sp³-hybridized carbons (Fsp3) is 0.100. The van der Waals surface area contributed by atoms with Gasteiger partial charge < -0.3 is 9.47 Å². The Morgan fingerprint density at radius 1 is 1.15 bits per heavy atom. The molecule has 2 aliphatic rings. The molecule has 0 radical (unpaired) electrons. The molecule has 0 spiro atoms. The lowest BCUT2D eigenvalue weighted by atomic mass is 10.1. The number of thioether (sulfide) groups is 1. The Morgan fingerprint density at radius 2 is 1.92 bits per heavy atom. The van der Waals surface area contributed by atoms with E-state index in [1.165, 1.54) is 16.7 Å². The van der Waals surface area contributed by atoms with Crippen LogP contribution in [0.1, 0.15) is 12.5 Å². The van der Waals surface area contributed by atoms with Crippen molar-refractivity contribution in [3.8, 4) is 11.5 Å². The molecule has 2 aromatic rings. The van der Waals surface area contributed by atoms with Crippen LogP contribution in [0.3, 0.4) is 0 Å². The van der Waals surface area contributed by atoms with E-state index >= 15 is 0 Å². The first-order valence-corrected chi connectivity index (χ1v) is 9.25. The summed E-state index contributed by atoms with van der Waals surface area (Å²) in [6, 6.07) is 15.4. The number of ether oxygens (including phenoxy) is 2. The number of carbonyl (C=O) groups is 1. The highest BCUT2D eigenvalue weighted by Crippen LogP contribution is 2.40. The summed E-state index contributed by atoms with van der Waals surface area (Å²) in [5.41, 5.74) is 2.76. The molecule has 0 saturated carbocycles. The van der Waals surface area contributed by atoms with Crippen molar-refractivity contribution in [3.05, 3.63) is 70.6 Å². The van der Waals surface area contributed by atoms with Gasteiger partial charge in [-0.05, 0) is 36.3 Å². The summed E-state index contributed by atoms with van der Waals surface area (Å²) in [7, 11) is 0. The number of rotatable bonds is 3. The van der Waals surface area contributed by atoms with Crippen LogP contribution in [0.2, 0.25) is 0 Å². The lowest BCUT2D eigenvalue weighted by Crippen LogP contribution is -2.27. The fourth-order valence-corrected chi connectivity index (χ4v) is 4.12. The van der Waals surface area contributed by atoms with Crippen LogP contribution < -0.4 is 14.4 Å². The molecule has 0 atom stereocenters. The highest BCUT2D eigenvalue weighted by Gasteiger charge is 2.34. The Labute approximate surface area is 161 Å². The third-order valence-electron chi connectivity index (χ3n) is 3.96. The van der Waals surface area contributed by atoms with E-state index in [4.69, 9.17) is 21.7 Å². The molecule has 2 aromatic carbocycles. The molecule has 2 heterocycles. The lowest BCUT2D eigenvalue weighted by Gasteiger charge is -2.14. The molecule has 130 valence electrons. The SMILES string of the molecule is CC(=Cc1ccccc1)/C=C1/SC(=S)N(c2ccc3c(c2)OCO3)C1=O. The molecule has 2 aliphatic heterocycles. The second-order valence-corrected chi connectivity index (χ2v) is 7.53. The average molecular weight is 381 g/mol. The van der Waals surface area contributed by atoms with Crippen LogP contribution in [0.5, 0.6) is 11.5 Å². The number of allylic oxidation sites excluding steroid dienone is 2. The molecule has 0 bridgehead atoms. The number of nitrogens with zero attached hydrogens (tertiary/aromatic N) is 1. The normalized spacial score (nSPS) is 18.1. The van der Waals surface area contributed by atoms with Crippen molar-refractivity contribution < 1.29 is 14.3 Å². The molecule has 0 aromatic heterocycles. The summed E-state index contributed by atoms with van der Waals surface area (Å²) in [4.78, 5) is 15.0. The number of anilines is 1. The third kappa shape index (κ3) is 3.25. The second kappa shape index (κ2) is 6.97. The Hall–Kier alpha value is -2.57. The van der Waals surface area contributed by atoms with Gasteiger partial charge in [-0.3, -0.25) is 9.69 Å². The monoisotopic (exact) mass is 381 g/mol. The minimum absolute atomic E-state index is 0.125. The summed E-state index contributed by atoms with van der Waals surface area (Å²) in [5, 5.41) is 0. The van der Waals surface area contributed by atoms with E-state index in [1.807, 2.05) is 55.5 Å². The average Bonchev–Trinajstić information content (AvgIpc) is 3.19. The number of benzene rings is 2. The Kier molecular flexibility index (Phi) is 4.53.